The lowest BCUT2D eigenvalue weighted by molar-refractivity contribution is -0.0980. The molecule has 1 fully saturated rings. The number of aliphatic hydroxyl groups excluding tert-OH is 1. The topological polar surface area (TPSA) is 59.0 Å². The first kappa shape index (κ1) is 23.2. The lowest BCUT2D eigenvalue weighted by Crippen LogP contribution is -2.36. The van der Waals surface area contributed by atoms with Gasteiger partial charge < -0.3 is 24.3 Å². The fourth-order valence-corrected chi connectivity index (χ4v) is 4.38. The molecule has 0 amide bonds. The molecule has 2 unspecified atom stereocenters. The molecule has 6 heteroatoms. The predicted molar refractivity (Wildman–Crippen MR) is 119 cm³/mol. The number of rotatable bonds is 5. The molecule has 2 heterocycles. The van der Waals surface area contributed by atoms with Gasteiger partial charge in [-0.1, -0.05) is 19.9 Å². The maximum absolute atomic E-state index is 13.8. The van der Waals surface area contributed by atoms with Crippen LogP contribution < -0.4 is 9.64 Å². The first-order valence-electron chi connectivity index (χ1n) is 10.9. The molecule has 2 aromatic carbocycles. The summed E-state index contributed by atoms with van der Waals surface area (Å²) in [4.78, 5) is 10.1. The van der Waals surface area contributed by atoms with Crippen LogP contribution in [-0.2, 0) is 9.53 Å². The minimum absolute atomic E-state index is 0.0298. The van der Waals surface area contributed by atoms with Gasteiger partial charge in [-0.15, -0.1) is 0 Å². The minimum Gasteiger partial charge on any atom is -0.490 e. The van der Waals surface area contributed by atoms with Crippen LogP contribution in [0, 0.1) is 17.7 Å². The van der Waals surface area contributed by atoms with Crippen molar-refractivity contribution < 1.29 is 23.8 Å². The number of benzene rings is 2. The van der Waals surface area contributed by atoms with E-state index in [1.54, 1.807) is 12.1 Å². The smallest absolute Gasteiger partial charge is 0.125 e. The highest BCUT2D eigenvalue weighted by Gasteiger charge is 2.34. The zero-order valence-electron chi connectivity index (χ0n) is 18.3. The summed E-state index contributed by atoms with van der Waals surface area (Å²) >= 11 is 0. The molecule has 0 saturated carbocycles. The van der Waals surface area contributed by atoms with Crippen LogP contribution >= 0.6 is 0 Å². The Kier molecular flexibility index (Phi) is 8.04. The van der Waals surface area contributed by atoms with Crippen molar-refractivity contribution in [3.63, 3.8) is 0 Å². The molecule has 0 aliphatic carbocycles. The van der Waals surface area contributed by atoms with Crippen LogP contribution in [0.4, 0.5) is 15.8 Å². The first-order valence-corrected chi connectivity index (χ1v) is 10.9. The average molecular weight is 430 g/mol. The van der Waals surface area contributed by atoms with E-state index < -0.39 is 6.10 Å². The molecule has 0 aromatic heterocycles. The van der Waals surface area contributed by atoms with Crippen molar-refractivity contribution in [1.29, 1.82) is 0 Å². The number of hydrogen-bond donors (Lipinski definition) is 1. The second-order valence-electron chi connectivity index (χ2n) is 8.56. The van der Waals surface area contributed by atoms with Gasteiger partial charge in [0.25, 0.3) is 0 Å². The molecule has 0 radical (unpaired) electrons. The Labute approximate surface area is 183 Å². The molecule has 2 aromatic rings. The predicted octanol–water partition coefficient (Wildman–Crippen LogP) is 5.05. The van der Waals surface area contributed by atoms with Crippen LogP contribution in [0.15, 0.2) is 42.5 Å². The van der Waals surface area contributed by atoms with Gasteiger partial charge in [0, 0.05) is 49.0 Å². The SMILES string of the molecule is C=O.CC(C)CN(c1cccc(F)c1)c1ccc2c(c1)C(O)CC(C1CCOCC1)O2. The molecular formula is C25H32FNO4. The third-order valence-corrected chi connectivity index (χ3v) is 5.86. The van der Waals surface area contributed by atoms with Crippen molar-refractivity contribution in [3.8, 4) is 5.75 Å². The van der Waals surface area contributed by atoms with Gasteiger partial charge in [0.1, 0.15) is 24.5 Å². The Morgan fingerprint density at radius 3 is 2.52 bits per heavy atom. The van der Waals surface area contributed by atoms with Crippen molar-refractivity contribution >= 4 is 18.2 Å². The van der Waals surface area contributed by atoms with E-state index in [0.717, 1.165) is 55.3 Å². The molecule has 2 aliphatic rings. The summed E-state index contributed by atoms with van der Waals surface area (Å²) in [6.07, 6.45) is 2.03. The summed E-state index contributed by atoms with van der Waals surface area (Å²) in [5, 5.41) is 10.9. The van der Waals surface area contributed by atoms with Gasteiger partial charge in [0.15, 0.2) is 0 Å². The second kappa shape index (κ2) is 10.7. The Hall–Kier alpha value is -2.44. The highest BCUT2D eigenvalue weighted by Crippen LogP contribution is 2.41. The molecule has 168 valence electrons. The van der Waals surface area contributed by atoms with E-state index in [1.165, 1.54) is 6.07 Å². The number of anilines is 2. The quantitative estimate of drug-likeness (QED) is 0.721. The van der Waals surface area contributed by atoms with Crippen molar-refractivity contribution in [3.05, 3.63) is 53.8 Å². The van der Waals surface area contributed by atoms with Crippen LogP contribution in [0.2, 0.25) is 0 Å². The van der Waals surface area contributed by atoms with Gasteiger partial charge >= 0.3 is 0 Å². The molecule has 0 bridgehead atoms. The maximum Gasteiger partial charge on any atom is 0.125 e. The number of aliphatic hydroxyl groups is 1. The van der Waals surface area contributed by atoms with Crippen LogP contribution in [0.5, 0.6) is 5.75 Å². The lowest BCUT2D eigenvalue weighted by Gasteiger charge is -2.37. The van der Waals surface area contributed by atoms with Gasteiger partial charge in [-0.05, 0) is 55.2 Å². The molecule has 2 aliphatic heterocycles. The number of carbonyl (C=O) groups is 1. The summed E-state index contributed by atoms with van der Waals surface area (Å²) < 4.78 is 25.6. The number of fused-ring (bicyclic) bond motifs is 1. The number of ether oxygens (including phenoxy) is 2. The molecule has 4 rings (SSSR count). The second-order valence-corrected chi connectivity index (χ2v) is 8.56. The van der Waals surface area contributed by atoms with E-state index in [-0.39, 0.29) is 11.9 Å². The molecule has 2 atom stereocenters. The van der Waals surface area contributed by atoms with E-state index in [1.807, 2.05) is 31.1 Å². The molecular weight excluding hydrogens is 397 g/mol. The van der Waals surface area contributed by atoms with E-state index in [4.69, 9.17) is 14.3 Å². The van der Waals surface area contributed by atoms with E-state index >= 15 is 0 Å². The molecule has 31 heavy (non-hydrogen) atoms. The monoisotopic (exact) mass is 429 g/mol. The van der Waals surface area contributed by atoms with Gasteiger partial charge in [0.2, 0.25) is 0 Å². The van der Waals surface area contributed by atoms with E-state index in [9.17, 15) is 9.50 Å². The summed E-state index contributed by atoms with van der Waals surface area (Å²) in [7, 11) is 0. The summed E-state index contributed by atoms with van der Waals surface area (Å²) in [5.74, 6) is 1.33. The zero-order valence-corrected chi connectivity index (χ0v) is 18.3. The van der Waals surface area contributed by atoms with Gasteiger partial charge in [0.05, 0.1) is 6.10 Å². The van der Waals surface area contributed by atoms with E-state index in [2.05, 4.69) is 18.7 Å². The number of halogens is 1. The average Bonchev–Trinajstić information content (AvgIpc) is 2.79. The molecule has 0 spiro atoms. The van der Waals surface area contributed by atoms with Gasteiger partial charge in [-0.3, -0.25) is 0 Å². The fraction of sp³-hybridized carbons (Fsp3) is 0.480. The molecule has 1 N–H and O–H groups in total. The minimum atomic E-state index is -0.556. The zero-order chi connectivity index (χ0) is 22.4. The van der Waals surface area contributed by atoms with Crippen LogP contribution in [0.1, 0.15) is 44.8 Å². The fourth-order valence-electron chi connectivity index (χ4n) is 4.38. The molecule has 1 saturated heterocycles. The Bertz CT molecular complexity index is 853. The number of hydrogen-bond acceptors (Lipinski definition) is 5. The van der Waals surface area contributed by atoms with Crippen molar-refractivity contribution in [1.82, 2.24) is 0 Å². The van der Waals surface area contributed by atoms with Gasteiger partial charge in [-0.25, -0.2) is 4.39 Å². The van der Waals surface area contributed by atoms with Gasteiger partial charge in [-0.2, -0.15) is 0 Å². The van der Waals surface area contributed by atoms with E-state index in [0.29, 0.717) is 18.3 Å². The largest absolute Gasteiger partial charge is 0.490 e. The standard InChI is InChI=1S/C24H30FNO3.CH2O/c1-16(2)15-26(19-5-3-4-18(25)12-19)20-6-7-23-21(13-20)22(27)14-24(29-23)17-8-10-28-11-9-17;1-2/h3-7,12-13,16-17,22,24,27H,8-11,14-15H2,1-2H3;1H2. The maximum atomic E-state index is 13.8. The lowest BCUT2D eigenvalue weighted by atomic mass is 9.86. The summed E-state index contributed by atoms with van der Waals surface area (Å²) in [5.41, 5.74) is 2.57. The Balaban J connectivity index is 0.00000132. The van der Waals surface area contributed by atoms with Crippen molar-refractivity contribution in [2.75, 3.05) is 24.7 Å². The third-order valence-electron chi connectivity index (χ3n) is 5.86. The first-order chi connectivity index (χ1) is 15.0. The van der Waals surface area contributed by atoms with Crippen LogP contribution in [-0.4, -0.2) is 37.8 Å². The summed E-state index contributed by atoms with van der Waals surface area (Å²) in [6, 6.07) is 12.6. The van der Waals surface area contributed by atoms with Crippen molar-refractivity contribution in [2.24, 2.45) is 11.8 Å². The van der Waals surface area contributed by atoms with Crippen molar-refractivity contribution in [2.45, 2.75) is 45.3 Å². The third kappa shape index (κ3) is 5.63. The Morgan fingerprint density at radius 2 is 1.84 bits per heavy atom. The molecule has 5 nitrogen and oxygen atoms in total. The Morgan fingerprint density at radius 1 is 1.13 bits per heavy atom. The normalized spacial score (nSPS) is 20.9. The number of carbonyl (C=O) groups excluding carboxylic acids is 1. The van der Waals surface area contributed by atoms with Crippen LogP contribution in [0.25, 0.3) is 0 Å². The number of nitrogens with zero attached hydrogens (tertiary/aromatic N) is 1. The highest BCUT2D eigenvalue weighted by molar-refractivity contribution is 5.65. The summed E-state index contributed by atoms with van der Waals surface area (Å²) in [6.45, 7) is 8.57. The highest BCUT2D eigenvalue weighted by atomic mass is 19.1. The van der Waals surface area contributed by atoms with Crippen LogP contribution in [0.3, 0.4) is 0 Å².